The largest absolute Gasteiger partial charge is 0.486 e. The van der Waals surface area contributed by atoms with Crippen LogP contribution in [0.15, 0.2) is 42.5 Å². The molecule has 1 unspecified atom stereocenters. The Morgan fingerprint density at radius 3 is 2.79 bits per heavy atom. The Hall–Kier alpha value is -3.13. The van der Waals surface area contributed by atoms with E-state index in [0.717, 1.165) is 15.9 Å². The Labute approximate surface area is 171 Å². The highest BCUT2D eigenvalue weighted by Gasteiger charge is 2.37. The quantitative estimate of drug-likeness (QED) is 0.665. The molecule has 5 rings (SSSR count). The van der Waals surface area contributed by atoms with Crippen LogP contribution in [0.3, 0.4) is 0 Å². The molecule has 2 amide bonds. The first-order valence-corrected chi connectivity index (χ1v) is 10.2. The molecule has 1 aromatic heterocycles. The van der Waals surface area contributed by atoms with Gasteiger partial charge in [0.15, 0.2) is 16.6 Å². The van der Waals surface area contributed by atoms with Crippen LogP contribution in [0.4, 0.5) is 10.8 Å². The number of ether oxygens (including phenoxy) is 2. The first kappa shape index (κ1) is 17.9. The number of aromatic nitrogens is 1. The lowest BCUT2D eigenvalue weighted by Crippen LogP contribution is -2.34. The lowest BCUT2D eigenvalue weighted by atomic mass is 10.1. The van der Waals surface area contributed by atoms with E-state index in [1.807, 2.05) is 30.3 Å². The van der Waals surface area contributed by atoms with Gasteiger partial charge in [0.2, 0.25) is 11.8 Å². The van der Waals surface area contributed by atoms with Gasteiger partial charge in [-0.15, -0.1) is 0 Å². The van der Waals surface area contributed by atoms with E-state index in [-0.39, 0.29) is 18.2 Å². The topological polar surface area (TPSA) is 72.0 Å². The zero-order valence-electron chi connectivity index (χ0n) is 15.8. The summed E-state index contributed by atoms with van der Waals surface area (Å²) in [6.07, 6.45) is 0.183. The maximum atomic E-state index is 13.0. The van der Waals surface area contributed by atoms with Crippen molar-refractivity contribution in [2.45, 2.75) is 6.42 Å². The summed E-state index contributed by atoms with van der Waals surface area (Å²) in [5.74, 6) is 0.723. The van der Waals surface area contributed by atoms with E-state index in [1.54, 1.807) is 29.0 Å². The van der Waals surface area contributed by atoms with Gasteiger partial charge in [-0.05, 0) is 24.3 Å². The fraction of sp³-hybridized carbons (Fsp3) is 0.286. The zero-order valence-corrected chi connectivity index (χ0v) is 16.6. The minimum Gasteiger partial charge on any atom is -0.486 e. The van der Waals surface area contributed by atoms with Crippen LogP contribution in [-0.2, 0) is 9.59 Å². The summed E-state index contributed by atoms with van der Waals surface area (Å²) in [6.45, 7) is 1.34. The van der Waals surface area contributed by atoms with Crippen molar-refractivity contribution in [3.63, 3.8) is 0 Å². The molecule has 0 saturated carbocycles. The average Bonchev–Trinajstić information content (AvgIpc) is 3.36. The van der Waals surface area contributed by atoms with Crippen molar-refractivity contribution in [1.82, 2.24) is 4.98 Å². The number of amides is 2. The van der Waals surface area contributed by atoms with Crippen LogP contribution in [0.2, 0.25) is 0 Å². The molecule has 1 saturated heterocycles. The van der Waals surface area contributed by atoms with Crippen molar-refractivity contribution >= 4 is 44.2 Å². The van der Waals surface area contributed by atoms with Crippen molar-refractivity contribution in [1.29, 1.82) is 0 Å². The number of nitrogens with zero attached hydrogens (tertiary/aromatic N) is 3. The molecule has 8 heteroatoms. The van der Waals surface area contributed by atoms with Crippen LogP contribution in [0, 0.1) is 5.92 Å². The van der Waals surface area contributed by atoms with E-state index in [9.17, 15) is 9.59 Å². The van der Waals surface area contributed by atoms with Gasteiger partial charge in [0.25, 0.3) is 0 Å². The van der Waals surface area contributed by atoms with Gasteiger partial charge in [-0.3, -0.25) is 14.5 Å². The van der Waals surface area contributed by atoms with Crippen LogP contribution in [0.25, 0.3) is 10.2 Å². The number of carbonyl (C=O) groups is 2. The second-order valence-corrected chi connectivity index (χ2v) is 8.10. The number of thiazole rings is 1. The van der Waals surface area contributed by atoms with Gasteiger partial charge in [-0.25, -0.2) is 4.98 Å². The molecule has 3 heterocycles. The number of hydrogen-bond donors (Lipinski definition) is 0. The van der Waals surface area contributed by atoms with Gasteiger partial charge in [0.1, 0.15) is 13.2 Å². The third-order valence-electron chi connectivity index (χ3n) is 5.21. The van der Waals surface area contributed by atoms with E-state index < -0.39 is 5.92 Å². The first-order valence-electron chi connectivity index (χ1n) is 9.43. The predicted octanol–water partition coefficient (Wildman–Crippen LogP) is 3.08. The number of carbonyl (C=O) groups excluding carboxylic acids is 2. The Morgan fingerprint density at radius 2 is 1.97 bits per heavy atom. The fourth-order valence-electron chi connectivity index (χ4n) is 3.69. The second-order valence-electron chi connectivity index (χ2n) is 7.09. The Balaban J connectivity index is 1.34. The molecule has 1 atom stereocenters. The lowest BCUT2D eigenvalue weighted by molar-refractivity contribution is -0.124. The molecule has 0 spiro atoms. The van der Waals surface area contributed by atoms with Crippen molar-refractivity contribution in [2.75, 3.05) is 36.6 Å². The number of anilines is 2. The molecule has 2 aliphatic rings. The fourth-order valence-corrected chi connectivity index (χ4v) is 4.63. The molecule has 0 bridgehead atoms. The van der Waals surface area contributed by atoms with Crippen LogP contribution < -0.4 is 19.3 Å². The molecule has 1 fully saturated rings. The Kier molecular flexibility index (Phi) is 4.35. The highest BCUT2D eigenvalue weighted by molar-refractivity contribution is 7.22. The maximum Gasteiger partial charge on any atom is 0.233 e. The van der Waals surface area contributed by atoms with E-state index >= 15 is 0 Å². The maximum absolute atomic E-state index is 13.0. The molecular formula is C21H19N3O4S. The summed E-state index contributed by atoms with van der Waals surface area (Å²) >= 11 is 1.47. The summed E-state index contributed by atoms with van der Waals surface area (Å²) in [5, 5.41) is 0.640. The average molecular weight is 409 g/mol. The van der Waals surface area contributed by atoms with E-state index in [4.69, 9.17) is 9.47 Å². The minimum absolute atomic E-state index is 0.0715. The molecule has 0 N–H and O–H groups in total. The van der Waals surface area contributed by atoms with Crippen molar-refractivity contribution in [3.05, 3.63) is 42.5 Å². The molecule has 2 aliphatic heterocycles. The number of fused-ring (bicyclic) bond motifs is 2. The molecular weight excluding hydrogens is 390 g/mol. The van der Waals surface area contributed by atoms with Gasteiger partial charge in [-0.1, -0.05) is 23.5 Å². The highest BCUT2D eigenvalue weighted by atomic mass is 32.1. The van der Waals surface area contributed by atoms with Gasteiger partial charge < -0.3 is 14.4 Å². The number of para-hydroxylation sites is 1. The van der Waals surface area contributed by atoms with Crippen molar-refractivity contribution < 1.29 is 19.1 Å². The third kappa shape index (κ3) is 3.19. The first-order chi connectivity index (χ1) is 14.1. The summed E-state index contributed by atoms with van der Waals surface area (Å²) < 4.78 is 12.2. The molecule has 2 aromatic carbocycles. The Bertz CT molecular complexity index is 1080. The van der Waals surface area contributed by atoms with Crippen LogP contribution >= 0.6 is 11.3 Å². The molecule has 0 radical (unpaired) electrons. The summed E-state index contributed by atoms with van der Waals surface area (Å²) in [5.41, 5.74) is 1.59. The number of rotatable bonds is 3. The lowest BCUT2D eigenvalue weighted by Gasteiger charge is -2.22. The molecule has 0 aliphatic carbocycles. The zero-order chi connectivity index (χ0) is 20.0. The predicted molar refractivity (Wildman–Crippen MR) is 111 cm³/mol. The van der Waals surface area contributed by atoms with Gasteiger partial charge >= 0.3 is 0 Å². The summed E-state index contributed by atoms with van der Waals surface area (Å²) in [4.78, 5) is 33.4. The van der Waals surface area contributed by atoms with Crippen LogP contribution in [0.5, 0.6) is 11.5 Å². The van der Waals surface area contributed by atoms with E-state index in [0.29, 0.717) is 36.4 Å². The molecule has 3 aromatic rings. The Morgan fingerprint density at radius 1 is 1.17 bits per heavy atom. The monoisotopic (exact) mass is 409 g/mol. The van der Waals surface area contributed by atoms with Gasteiger partial charge in [0, 0.05) is 31.8 Å². The smallest absolute Gasteiger partial charge is 0.233 e. The van der Waals surface area contributed by atoms with Crippen LogP contribution in [0.1, 0.15) is 6.42 Å². The SMILES string of the molecule is CN(C(=O)C1CC(=O)N(c2ccc3c(c2)OCCO3)C1)c1nc2ccccc2s1. The molecule has 7 nitrogen and oxygen atoms in total. The normalized spacial score (nSPS) is 18.3. The number of hydrogen-bond acceptors (Lipinski definition) is 6. The minimum atomic E-state index is -0.410. The molecule has 29 heavy (non-hydrogen) atoms. The third-order valence-corrected chi connectivity index (χ3v) is 6.32. The van der Waals surface area contributed by atoms with Gasteiger partial charge in [-0.2, -0.15) is 0 Å². The van der Waals surface area contributed by atoms with Crippen LogP contribution in [-0.4, -0.2) is 43.6 Å². The standard InChI is InChI=1S/C21H19N3O4S/c1-23(21-22-15-4-2-3-5-18(15)29-21)20(26)13-10-19(25)24(12-13)14-6-7-16-17(11-14)28-9-8-27-16/h2-7,11,13H,8-10,12H2,1H3. The highest BCUT2D eigenvalue weighted by Crippen LogP contribution is 2.36. The van der Waals surface area contributed by atoms with Crippen molar-refractivity contribution in [3.8, 4) is 11.5 Å². The number of benzene rings is 2. The summed E-state index contributed by atoms with van der Waals surface area (Å²) in [7, 11) is 1.72. The molecule has 148 valence electrons. The van der Waals surface area contributed by atoms with Gasteiger partial charge in [0.05, 0.1) is 16.1 Å². The van der Waals surface area contributed by atoms with E-state index in [2.05, 4.69) is 4.98 Å². The van der Waals surface area contributed by atoms with E-state index in [1.165, 1.54) is 11.3 Å². The van der Waals surface area contributed by atoms with Crippen molar-refractivity contribution in [2.24, 2.45) is 5.92 Å². The summed E-state index contributed by atoms with van der Waals surface area (Å²) in [6, 6.07) is 13.2. The second kappa shape index (κ2) is 7.04.